The zero-order chi connectivity index (χ0) is 20.4. The molecule has 144 valence electrons. The lowest BCUT2D eigenvalue weighted by atomic mass is 10.0. The van der Waals surface area contributed by atoms with Crippen LogP contribution in [-0.2, 0) is 6.18 Å². The van der Waals surface area contributed by atoms with Crippen molar-refractivity contribution in [3.63, 3.8) is 0 Å². The molecule has 6 nitrogen and oxygen atoms in total. The SMILES string of the molecule is CC(NC(=O)c1cc([N+](=O)[O-])ccc1N(C)C)c1cccc(C(F)(F)F)c1. The van der Waals surface area contributed by atoms with Gasteiger partial charge in [0.05, 0.1) is 22.1 Å². The van der Waals surface area contributed by atoms with E-state index in [0.717, 1.165) is 18.2 Å². The van der Waals surface area contributed by atoms with Crippen molar-refractivity contribution >= 4 is 17.3 Å². The van der Waals surface area contributed by atoms with Gasteiger partial charge in [-0.25, -0.2) is 0 Å². The van der Waals surface area contributed by atoms with E-state index in [9.17, 15) is 28.1 Å². The molecule has 0 spiro atoms. The molecule has 0 bridgehead atoms. The number of hydrogen-bond acceptors (Lipinski definition) is 4. The Morgan fingerprint density at radius 3 is 2.41 bits per heavy atom. The minimum absolute atomic E-state index is 0.0630. The molecule has 0 fully saturated rings. The molecule has 9 heteroatoms. The molecule has 0 aliphatic carbocycles. The number of benzene rings is 2. The fourth-order valence-corrected chi connectivity index (χ4v) is 2.55. The Morgan fingerprint density at radius 1 is 1.19 bits per heavy atom. The molecule has 1 N–H and O–H groups in total. The van der Waals surface area contributed by atoms with Gasteiger partial charge in [0.25, 0.3) is 11.6 Å². The summed E-state index contributed by atoms with van der Waals surface area (Å²) in [5.74, 6) is -0.618. The largest absolute Gasteiger partial charge is 0.416 e. The third-order valence-corrected chi connectivity index (χ3v) is 3.98. The minimum Gasteiger partial charge on any atom is -0.377 e. The second-order valence-electron chi connectivity index (χ2n) is 6.17. The van der Waals surface area contributed by atoms with Crippen molar-refractivity contribution in [1.29, 1.82) is 0 Å². The molecule has 1 amide bonds. The first-order chi connectivity index (χ1) is 12.5. The van der Waals surface area contributed by atoms with Crippen LogP contribution in [0.5, 0.6) is 0 Å². The number of non-ortho nitro benzene ring substituents is 1. The van der Waals surface area contributed by atoms with Crippen LogP contribution < -0.4 is 10.2 Å². The molecule has 2 rings (SSSR count). The Kier molecular flexibility index (Phi) is 5.72. The van der Waals surface area contributed by atoms with E-state index in [1.54, 1.807) is 25.9 Å². The molecule has 0 heterocycles. The molecule has 27 heavy (non-hydrogen) atoms. The predicted molar refractivity (Wildman–Crippen MR) is 94.7 cm³/mol. The third-order valence-electron chi connectivity index (χ3n) is 3.98. The van der Waals surface area contributed by atoms with Gasteiger partial charge in [-0.2, -0.15) is 13.2 Å². The number of anilines is 1. The summed E-state index contributed by atoms with van der Waals surface area (Å²) in [4.78, 5) is 24.6. The third kappa shape index (κ3) is 4.75. The molecule has 2 aromatic carbocycles. The van der Waals surface area contributed by atoms with Crippen LogP contribution in [0.4, 0.5) is 24.5 Å². The summed E-state index contributed by atoms with van der Waals surface area (Å²) in [6.07, 6.45) is -4.49. The number of rotatable bonds is 5. The van der Waals surface area contributed by atoms with Crippen LogP contribution in [0, 0.1) is 10.1 Å². The normalized spacial score (nSPS) is 12.4. The molecule has 0 aliphatic rings. The van der Waals surface area contributed by atoms with Crippen molar-refractivity contribution < 1.29 is 22.9 Å². The Hall–Kier alpha value is -3.10. The van der Waals surface area contributed by atoms with Crippen molar-refractivity contribution in [2.24, 2.45) is 0 Å². The number of amides is 1. The molecule has 0 aromatic heterocycles. The zero-order valence-electron chi connectivity index (χ0n) is 14.9. The number of nitrogens with one attached hydrogen (secondary N) is 1. The lowest BCUT2D eigenvalue weighted by Crippen LogP contribution is -2.28. The number of nitrogens with zero attached hydrogens (tertiary/aromatic N) is 2. The average molecular weight is 381 g/mol. The highest BCUT2D eigenvalue weighted by atomic mass is 19.4. The molecular weight excluding hydrogens is 363 g/mol. The molecule has 0 radical (unpaired) electrons. The molecule has 0 aliphatic heterocycles. The first-order valence-electron chi connectivity index (χ1n) is 7.94. The monoisotopic (exact) mass is 381 g/mol. The second-order valence-corrected chi connectivity index (χ2v) is 6.17. The maximum atomic E-state index is 12.9. The van der Waals surface area contributed by atoms with Crippen molar-refractivity contribution in [2.75, 3.05) is 19.0 Å². The number of nitro groups is 1. The standard InChI is InChI=1S/C18H18F3N3O3/c1-11(12-5-4-6-13(9-12)18(19,20)21)22-17(25)15-10-14(24(26)27)7-8-16(15)23(2)3/h4-11H,1-3H3,(H,22,25). The lowest BCUT2D eigenvalue weighted by Gasteiger charge is -2.20. The molecule has 1 atom stereocenters. The summed E-state index contributed by atoms with van der Waals surface area (Å²) in [6, 6.07) is 7.79. The first-order valence-corrected chi connectivity index (χ1v) is 7.94. The fraction of sp³-hybridized carbons (Fsp3) is 0.278. The Morgan fingerprint density at radius 2 is 1.85 bits per heavy atom. The van der Waals surface area contributed by atoms with E-state index in [-0.39, 0.29) is 16.8 Å². The van der Waals surface area contributed by atoms with Crippen LogP contribution in [0.25, 0.3) is 0 Å². The van der Waals surface area contributed by atoms with Gasteiger partial charge in [-0.1, -0.05) is 12.1 Å². The van der Waals surface area contributed by atoms with E-state index in [0.29, 0.717) is 5.69 Å². The first kappa shape index (κ1) is 20.2. The van der Waals surface area contributed by atoms with Crippen LogP contribution in [0.1, 0.15) is 34.5 Å². The molecule has 0 saturated carbocycles. The fourth-order valence-electron chi connectivity index (χ4n) is 2.55. The molecule has 2 aromatic rings. The van der Waals surface area contributed by atoms with Crippen molar-refractivity contribution in [1.82, 2.24) is 5.32 Å². The van der Waals surface area contributed by atoms with E-state index >= 15 is 0 Å². The number of hydrogen-bond donors (Lipinski definition) is 1. The number of carbonyl (C=O) groups excluding carboxylic acids is 1. The molecule has 1 unspecified atom stereocenters. The van der Waals surface area contributed by atoms with E-state index in [1.807, 2.05) is 0 Å². The van der Waals surface area contributed by atoms with Crippen LogP contribution in [0.3, 0.4) is 0 Å². The number of nitro benzene ring substituents is 1. The summed E-state index contributed by atoms with van der Waals surface area (Å²) >= 11 is 0. The Labute approximate surface area is 153 Å². The van der Waals surface area contributed by atoms with Crippen LogP contribution >= 0.6 is 0 Å². The van der Waals surface area contributed by atoms with Crippen molar-refractivity contribution in [2.45, 2.75) is 19.1 Å². The number of halogens is 3. The van der Waals surface area contributed by atoms with Gasteiger partial charge in [0.15, 0.2) is 0 Å². The van der Waals surface area contributed by atoms with Crippen LogP contribution in [0.15, 0.2) is 42.5 Å². The van der Waals surface area contributed by atoms with Gasteiger partial charge in [-0.15, -0.1) is 0 Å². The second kappa shape index (κ2) is 7.65. The van der Waals surface area contributed by atoms with Gasteiger partial charge in [-0.3, -0.25) is 14.9 Å². The summed E-state index contributed by atoms with van der Waals surface area (Å²) in [5.41, 5.74) is -0.278. The molecule has 0 saturated heterocycles. The lowest BCUT2D eigenvalue weighted by molar-refractivity contribution is -0.384. The molecular formula is C18H18F3N3O3. The highest BCUT2D eigenvalue weighted by Crippen LogP contribution is 2.31. The maximum absolute atomic E-state index is 12.9. The average Bonchev–Trinajstić information content (AvgIpc) is 2.60. The van der Waals surface area contributed by atoms with E-state index in [2.05, 4.69) is 5.32 Å². The highest BCUT2D eigenvalue weighted by molar-refractivity contribution is 6.00. The van der Waals surface area contributed by atoms with Gasteiger partial charge in [0, 0.05) is 31.9 Å². The summed E-state index contributed by atoms with van der Waals surface area (Å²) in [6.45, 7) is 1.54. The minimum atomic E-state index is -4.49. The predicted octanol–water partition coefficient (Wildman–Crippen LogP) is 4.17. The van der Waals surface area contributed by atoms with E-state index in [1.165, 1.54) is 24.3 Å². The van der Waals surface area contributed by atoms with Crippen molar-refractivity contribution in [3.05, 3.63) is 69.3 Å². The van der Waals surface area contributed by atoms with Gasteiger partial charge in [-0.05, 0) is 30.7 Å². The Balaban J connectivity index is 2.31. The smallest absolute Gasteiger partial charge is 0.377 e. The van der Waals surface area contributed by atoms with Crippen molar-refractivity contribution in [3.8, 4) is 0 Å². The zero-order valence-corrected chi connectivity index (χ0v) is 14.9. The van der Waals surface area contributed by atoms with Gasteiger partial charge in [0.2, 0.25) is 0 Å². The number of carbonyl (C=O) groups is 1. The van der Waals surface area contributed by atoms with Crippen LogP contribution in [0.2, 0.25) is 0 Å². The Bertz CT molecular complexity index is 866. The topological polar surface area (TPSA) is 75.5 Å². The quantitative estimate of drug-likeness (QED) is 0.623. The van der Waals surface area contributed by atoms with Gasteiger partial charge in [0.1, 0.15) is 0 Å². The summed E-state index contributed by atoms with van der Waals surface area (Å²) < 4.78 is 38.6. The summed E-state index contributed by atoms with van der Waals surface area (Å²) in [7, 11) is 3.35. The number of alkyl halides is 3. The highest BCUT2D eigenvalue weighted by Gasteiger charge is 2.31. The van der Waals surface area contributed by atoms with Crippen LogP contribution in [-0.4, -0.2) is 24.9 Å². The summed E-state index contributed by atoms with van der Waals surface area (Å²) in [5, 5.41) is 13.6. The van der Waals surface area contributed by atoms with Gasteiger partial charge >= 0.3 is 6.18 Å². The maximum Gasteiger partial charge on any atom is 0.416 e. The van der Waals surface area contributed by atoms with E-state index < -0.39 is 28.6 Å². The van der Waals surface area contributed by atoms with Gasteiger partial charge < -0.3 is 10.2 Å². The van der Waals surface area contributed by atoms with E-state index in [4.69, 9.17) is 0 Å².